The number of aryl methyl sites for hydroxylation is 2. The summed E-state index contributed by atoms with van der Waals surface area (Å²) in [7, 11) is 1.84. The van der Waals surface area contributed by atoms with E-state index in [4.69, 9.17) is 4.98 Å². The zero-order valence-electron chi connectivity index (χ0n) is 17.0. The average molecular weight is 430 g/mol. The summed E-state index contributed by atoms with van der Waals surface area (Å²) in [4.78, 5) is 23.0. The van der Waals surface area contributed by atoms with E-state index in [0.717, 1.165) is 32.9 Å². The second-order valence-corrected chi connectivity index (χ2v) is 8.13. The third-order valence-electron chi connectivity index (χ3n) is 5.01. The van der Waals surface area contributed by atoms with E-state index in [1.54, 1.807) is 27.0 Å². The standard InChI is InChI=1S/C22H19N7OS/c1-14-20-17(10-18(19-4-3-9-31-19)26-21(20)28(2)27-14)22(30)25-16-7-5-15(6-8-16)11-29-13-23-12-24-29/h3-10,12-13H,11H2,1-2H3,(H,25,30). The molecule has 0 atom stereocenters. The van der Waals surface area contributed by atoms with Crippen molar-refractivity contribution >= 4 is 34.0 Å². The zero-order chi connectivity index (χ0) is 21.4. The largest absolute Gasteiger partial charge is 0.322 e. The summed E-state index contributed by atoms with van der Waals surface area (Å²) in [6.45, 7) is 2.52. The predicted molar refractivity (Wildman–Crippen MR) is 120 cm³/mol. The molecule has 0 radical (unpaired) electrons. The molecule has 0 saturated heterocycles. The van der Waals surface area contributed by atoms with Crippen LogP contribution in [-0.4, -0.2) is 35.4 Å². The summed E-state index contributed by atoms with van der Waals surface area (Å²) in [5.41, 5.74) is 4.58. The molecule has 5 rings (SSSR count). The van der Waals surface area contributed by atoms with Crippen molar-refractivity contribution in [3.8, 4) is 10.6 Å². The number of thiophene rings is 1. The van der Waals surface area contributed by atoms with Crippen LogP contribution in [-0.2, 0) is 13.6 Å². The lowest BCUT2D eigenvalue weighted by Gasteiger charge is -2.09. The number of carbonyl (C=O) groups is 1. The van der Waals surface area contributed by atoms with Gasteiger partial charge in [-0.1, -0.05) is 18.2 Å². The fourth-order valence-corrected chi connectivity index (χ4v) is 4.25. The molecule has 1 aromatic carbocycles. The number of amides is 1. The van der Waals surface area contributed by atoms with E-state index in [9.17, 15) is 4.79 Å². The Balaban J connectivity index is 1.46. The van der Waals surface area contributed by atoms with Crippen LogP contribution in [0.4, 0.5) is 5.69 Å². The van der Waals surface area contributed by atoms with Crippen LogP contribution < -0.4 is 5.32 Å². The number of carbonyl (C=O) groups excluding carboxylic acids is 1. The summed E-state index contributed by atoms with van der Waals surface area (Å²) < 4.78 is 3.47. The van der Waals surface area contributed by atoms with Crippen molar-refractivity contribution in [2.75, 3.05) is 5.32 Å². The smallest absolute Gasteiger partial charge is 0.256 e. The fraction of sp³-hybridized carbons (Fsp3) is 0.136. The predicted octanol–water partition coefficient (Wildman–Crippen LogP) is 3.90. The highest BCUT2D eigenvalue weighted by Gasteiger charge is 2.19. The van der Waals surface area contributed by atoms with E-state index in [1.807, 2.05) is 61.8 Å². The number of nitrogens with one attached hydrogen (secondary N) is 1. The number of hydrogen-bond donors (Lipinski definition) is 1. The molecule has 0 saturated carbocycles. The minimum atomic E-state index is -0.190. The quantitative estimate of drug-likeness (QED) is 0.458. The van der Waals surface area contributed by atoms with Gasteiger partial charge in [0.15, 0.2) is 5.65 Å². The Morgan fingerprint density at radius 3 is 2.74 bits per heavy atom. The van der Waals surface area contributed by atoms with Gasteiger partial charge in [0, 0.05) is 12.7 Å². The van der Waals surface area contributed by atoms with E-state index >= 15 is 0 Å². The lowest BCUT2D eigenvalue weighted by atomic mass is 10.1. The van der Waals surface area contributed by atoms with Gasteiger partial charge in [0.25, 0.3) is 5.91 Å². The molecule has 9 heteroatoms. The Morgan fingerprint density at radius 1 is 1.19 bits per heavy atom. The van der Waals surface area contributed by atoms with Gasteiger partial charge < -0.3 is 5.32 Å². The van der Waals surface area contributed by atoms with E-state index < -0.39 is 0 Å². The van der Waals surface area contributed by atoms with Gasteiger partial charge in [-0.15, -0.1) is 11.3 Å². The van der Waals surface area contributed by atoms with Gasteiger partial charge in [0.05, 0.1) is 33.8 Å². The highest BCUT2D eigenvalue weighted by molar-refractivity contribution is 7.13. The van der Waals surface area contributed by atoms with Crippen molar-refractivity contribution in [1.82, 2.24) is 29.5 Å². The van der Waals surface area contributed by atoms with Crippen LogP contribution in [0, 0.1) is 6.92 Å². The molecule has 4 aromatic heterocycles. The Labute approximate surface area is 182 Å². The van der Waals surface area contributed by atoms with Crippen molar-refractivity contribution in [3.63, 3.8) is 0 Å². The highest BCUT2D eigenvalue weighted by Crippen LogP contribution is 2.29. The number of aromatic nitrogens is 6. The second kappa shape index (κ2) is 7.77. The topological polar surface area (TPSA) is 90.5 Å². The van der Waals surface area contributed by atoms with Gasteiger partial charge >= 0.3 is 0 Å². The molecule has 0 bridgehead atoms. The number of rotatable bonds is 5. The number of hydrogen-bond acceptors (Lipinski definition) is 6. The minimum absolute atomic E-state index is 0.190. The lowest BCUT2D eigenvalue weighted by molar-refractivity contribution is 0.102. The number of fused-ring (bicyclic) bond motifs is 1. The fourth-order valence-electron chi connectivity index (χ4n) is 3.57. The average Bonchev–Trinajstić information content (AvgIpc) is 3.52. The van der Waals surface area contributed by atoms with E-state index in [0.29, 0.717) is 17.8 Å². The van der Waals surface area contributed by atoms with Gasteiger partial charge in [-0.05, 0) is 42.1 Å². The molecule has 0 aliphatic heterocycles. The van der Waals surface area contributed by atoms with Crippen LogP contribution in [0.15, 0.2) is 60.5 Å². The van der Waals surface area contributed by atoms with E-state index in [1.165, 1.54) is 6.33 Å². The van der Waals surface area contributed by atoms with Crippen LogP contribution in [0.1, 0.15) is 21.6 Å². The molecular weight excluding hydrogens is 410 g/mol. The Hall–Kier alpha value is -3.85. The number of pyridine rings is 1. The zero-order valence-corrected chi connectivity index (χ0v) is 17.8. The van der Waals surface area contributed by atoms with Crippen LogP contribution in [0.3, 0.4) is 0 Å². The van der Waals surface area contributed by atoms with Crippen molar-refractivity contribution in [1.29, 1.82) is 0 Å². The maximum atomic E-state index is 13.3. The molecule has 1 N–H and O–H groups in total. The SMILES string of the molecule is Cc1nn(C)c2nc(-c3cccs3)cc(C(=O)Nc3ccc(Cn4cncn4)cc3)c12. The third kappa shape index (κ3) is 3.71. The summed E-state index contributed by atoms with van der Waals surface area (Å²) in [5, 5.41) is 14.4. The molecule has 154 valence electrons. The van der Waals surface area contributed by atoms with E-state index in [-0.39, 0.29) is 5.91 Å². The molecule has 4 heterocycles. The van der Waals surface area contributed by atoms with Crippen molar-refractivity contribution in [2.45, 2.75) is 13.5 Å². The molecule has 5 aromatic rings. The van der Waals surface area contributed by atoms with Crippen LogP contribution in [0.25, 0.3) is 21.6 Å². The van der Waals surface area contributed by atoms with Gasteiger partial charge in [-0.3, -0.25) is 9.48 Å². The summed E-state index contributed by atoms with van der Waals surface area (Å²) in [6, 6.07) is 13.5. The molecule has 1 amide bonds. The van der Waals surface area contributed by atoms with Crippen molar-refractivity contribution in [2.24, 2.45) is 7.05 Å². The normalized spacial score (nSPS) is 11.2. The van der Waals surface area contributed by atoms with Crippen molar-refractivity contribution in [3.05, 3.63) is 77.3 Å². The minimum Gasteiger partial charge on any atom is -0.322 e. The first-order valence-corrected chi connectivity index (χ1v) is 10.6. The molecular formula is C22H19N7OS. The van der Waals surface area contributed by atoms with Gasteiger partial charge in [0.1, 0.15) is 12.7 Å². The van der Waals surface area contributed by atoms with Gasteiger partial charge in [0.2, 0.25) is 0 Å². The summed E-state index contributed by atoms with van der Waals surface area (Å²) in [5.74, 6) is -0.190. The molecule has 0 aliphatic rings. The van der Waals surface area contributed by atoms with E-state index in [2.05, 4.69) is 20.5 Å². The Morgan fingerprint density at radius 2 is 2.03 bits per heavy atom. The lowest BCUT2D eigenvalue weighted by Crippen LogP contribution is -2.13. The van der Waals surface area contributed by atoms with Crippen LogP contribution >= 0.6 is 11.3 Å². The molecule has 0 spiro atoms. The first-order chi connectivity index (χ1) is 15.1. The van der Waals surface area contributed by atoms with Crippen molar-refractivity contribution < 1.29 is 4.79 Å². The Bertz CT molecular complexity index is 1350. The molecule has 0 unspecified atom stereocenters. The Kier molecular flexibility index (Phi) is 4.79. The summed E-state index contributed by atoms with van der Waals surface area (Å²) in [6.07, 6.45) is 3.18. The maximum absolute atomic E-state index is 13.3. The van der Waals surface area contributed by atoms with Crippen LogP contribution in [0.2, 0.25) is 0 Å². The highest BCUT2D eigenvalue weighted by atomic mass is 32.1. The first kappa shape index (κ1) is 19.1. The van der Waals surface area contributed by atoms with Gasteiger partial charge in [-0.2, -0.15) is 10.2 Å². The maximum Gasteiger partial charge on any atom is 0.256 e. The second-order valence-electron chi connectivity index (χ2n) is 7.18. The number of nitrogens with zero attached hydrogens (tertiary/aromatic N) is 6. The molecule has 31 heavy (non-hydrogen) atoms. The molecule has 8 nitrogen and oxygen atoms in total. The number of benzene rings is 1. The third-order valence-corrected chi connectivity index (χ3v) is 5.90. The number of anilines is 1. The molecule has 0 aliphatic carbocycles. The molecule has 0 fully saturated rings. The van der Waals surface area contributed by atoms with Gasteiger partial charge in [-0.25, -0.2) is 14.6 Å². The summed E-state index contributed by atoms with van der Waals surface area (Å²) >= 11 is 1.59. The monoisotopic (exact) mass is 429 g/mol. The van der Waals surface area contributed by atoms with Crippen LogP contribution in [0.5, 0.6) is 0 Å². The first-order valence-electron chi connectivity index (χ1n) is 9.69.